The Bertz CT molecular complexity index is 1090. The number of fused-ring (bicyclic) bond motifs is 1. The van der Waals surface area contributed by atoms with Crippen molar-refractivity contribution in [3.63, 3.8) is 0 Å². The van der Waals surface area contributed by atoms with Gasteiger partial charge in [0, 0.05) is 18.3 Å². The van der Waals surface area contributed by atoms with Crippen LogP contribution in [0.15, 0.2) is 36.5 Å². The molecule has 32 heavy (non-hydrogen) atoms. The average molecular weight is 452 g/mol. The molecule has 2 fully saturated rings. The molecule has 2 saturated carbocycles. The Morgan fingerprint density at radius 3 is 2.69 bits per heavy atom. The highest BCUT2D eigenvalue weighted by Crippen LogP contribution is 2.32. The molecule has 8 nitrogen and oxygen atoms in total. The van der Waals surface area contributed by atoms with Gasteiger partial charge in [0.2, 0.25) is 11.9 Å². The molecule has 0 aromatic carbocycles. The minimum absolute atomic E-state index is 0.0931. The van der Waals surface area contributed by atoms with Crippen LogP contribution in [-0.4, -0.2) is 37.7 Å². The predicted molar refractivity (Wildman–Crippen MR) is 128 cm³/mol. The van der Waals surface area contributed by atoms with E-state index in [2.05, 4.69) is 38.5 Å². The zero-order valence-electron chi connectivity index (χ0n) is 18.1. The van der Waals surface area contributed by atoms with Gasteiger partial charge in [-0.1, -0.05) is 19.4 Å². The minimum Gasteiger partial charge on any atom is -0.366 e. The van der Waals surface area contributed by atoms with Gasteiger partial charge < -0.3 is 16.0 Å². The van der Waals surface area contributed by atoms with E-state index in [1.165, 1.54) is 31.8 Å². The standard InChI is InChI=1S/C23H29N7OS/c1-2-20(31)25-15-7-9-16(10-8-15)26-22-21-19(11-12-32-21)28-23(29-22)27-17-13-24-30(14-17)18-5-3-4-6-18/h2,11-16,18H,1,3-10H2,(H,25,31)(H2,26,27,28,29). The van der Waals surface area contributed by atoms with Crippen molar-refractivity contribution < 1.29 is 4.79 Å². The smallest absolute Gasteiger partial charge is 0.243 e. The first-order valence-corrected chi connectivity index (χ1v) is 12.3. The molecule has 3 aromatic heterocycles. The van der Waals surface area contributed by atoms with E-state index in [9.17, 15) is 4.79 Å². The van der Waals surface area contributed by atoms with Gasteiger partial charge >= 0.3 is 0 Å². The van der Waals surface area contributed by atoms with Crippen LogP contribution in [0.2, 0.25) is 0 Å². The number of aromatic nitrogens is 4. The largest absolute Gasteiger partial charge is 0.366 e. The maximum absolute atomic E-state index is 11.6. The highest BCUT2D eigenvalue weighted by Gasteiger charge is 2.23. The minimum atomic E-state index is -0.0931. The summed E-state index contributed by atoms with van der Waals surface area (Å²) >= 11 is 1.65. The molecule has 0 atom stereocenters. The molecule has 3 aromatic rings. The van der Waals surface area contributed by atoms with Crippen molar-refractivity contribution in [3.8, 4) is 0 Å². The third-order valence-corrected chi connectivity index (χ3v) is 7.37. The lowest BCUT2D eigenvalue weighted by Crippen LogP contribution is -2.39. The van der Waals surface area contributed by atoms with Crippen molar-refractivity contribution in [3.05, 3.63) is 36.5 Å². The molecule has 0 bridgehead atoms. The number of carbonyl (C=O) groups is 1. The van der Waals surface area contributed by atoms with Gasteiger partial charge in [-0.3, -0.25) is 9.48 Å². The van der Waals surface area contributed by atoms with Gasteiger partial charge in [-0.05, 0) is 56.0 Å². The lowest BCUT2D eigenvalue weighted by atomic mass is 9.91. The Balaban J connectivity index is 1.27. The van der Waals surface area contributed by atoms with Gasteiger partial charge in [0.05, 0.1) is 28.1 Å². The Hall–Kier alpha value is -2.94. The van der Waals surface area contributed by atoms with E-state index in [-0.39, 0.29) is 11.9 Å². The van der Waals surface area contributed by atoms with E-state index < -0.39 is 0 Å². The molecule has 0 radical (unpaired) electrons. The Morgan fingerprint density at radius 1 is 1.12 bits per heavy atom. The van der Waals surface area contributed by atoms with Crippen LogP contribution in [0, 0.1) is 0 Å². The zero-order valence-corrected chi connectivity index (χ0v) is 18.9. The zero-order chi connectivity index (χ0) is 21.9. The topological polar surface area (TPSA) is 96.8 Å². The monoisotopic (exact) mass is 451 g/mol. The Kier molecular flexibility index (Phi) is 6.07. The quantitative estimate of drug-likeness (QED) is 0.448. The summed E-state index contributed by atoms with van der Waals surface area (Å²) in [6.45, 7) is 3.53. The molecule has 3 heterocycles. The number of carbonyl (C=O) groups excluding carboxylic acids is 1. The SMILES string of the molecule is C=CC(=O)NC1CCC(Nc2nc(Nc3cnn(C4CCCC4)c3)nc3ccsc23)CC1. The van der Waals surface area contributed by atoms with Gasteiger partial charge in [0.25, 0.3) is 0 Å². The lowest BCUT2D eigenvalue weighted by molar-refractivity contribution is -0.117. The molecule has 168 valence electrons. The van der Waals surface area contributed by atoms with Crippen molar-refractivity contribution in [2.24, 2.45) is 0 Å². The van der Waals surface area contributed by atoms with Crippen molar-refractivity contribution in [2.75, 3.05) is 10.6 Å². The van der Waals surface area contributed by atoms with Crippen molar-refractivity contribution in [1.29, 1.82) is 0 Å². The summed E-state index contributed by atoms with van der Waals surface area (Å²) < 4.78 is 3.14. The summed E-state index contributed by atoms with van der Waals surface area (Å²) in [7, 11) is 0. The Labute approximate surface area is 191 Å². The second kappa shape index (κ2) is 9.28. The van der Waals surface area contributed by atoms with E-state index in [0.29, 0.717) is 18.0 Å². The first-order valence-electron chi connectivity index (χ1n) is 11.4. The second-order valence-electron chi connectivity index (χ2n) is 8.71. The Morgan fingerprint density at radius 2 is 1.91 bits per heavy atom. The normalized spacial score (nSPS) is 21.5. The summed E-state index contributed by atoms with van der Waals surface area (Å²) in [5.41, 5.74) is 1.85. The molecule has 0 saturated heterocycles. The van der Waals surface area contributed by atoms with Gasteiger partial charge in [-0.15, -0.1) is 11.3 Å². The van der Waals surface area contributed by atoms with Crippen LogP contribution in [0.5, 0.6) is 0 Å². The lowest BCUT2D eigenvalue weighted by Gasteiger charge is -2.29. The number of amides is 1. The predicted octanol–water partition coefficient (Wildman–Crippen LogP) is 4.77. The number of rotatable bonds is 7. The van der Waals surface area contributed by atoms with Crippen molar-refractivity contribution in [1.82, 2.24) is 25.1 Å². The second-order valence-corrected chi connectivity index (χ2v) is 9.62. The van der Waals surface area contributed by atoms with E-state index in [1.54, 1.807) is 11.3 Å². The highest BCUT2D eigenvalue weighted by atomic mass is 32.1. The highest BCUT2D eigenvalue weighted by molar-refractivity contribution is 7.17. The third kappa shape index (κ3) is 4.62. The number of anilines is 3. The number of hydrogen-bond acceptors (Lipinski definition) is 7. The summed E-state index contributed by atoms with van der Waals surface area (Å²) in [4.78, 5) is 21.1. The molecule has 2 aliphatic rings. The maximum atomic E-state index is 11.6. The number of nitrogens with zero attached hydrogens (tertiary/aromatic N) is 4. The fraction of sp³-hybridized carbons (Fsp3) is 0.478. The first kappa shape index (κ1) is 20.9. The van der Waals surface area contributed by atoms with Crippen LogP contribution in [0.3, 0.4) is 0 Å². The molecule has 0 spiro atoms. The van der Waals surface area contributed by atoms with Gasteiger partial charge in [-0.2, -0.15) is 10.1 Å². The summed E-state index contributed by atoms with van der Waals surface area (Å²) in [5.74, 6) is 1.36. The molecular formula is C23H29N7OS. The van der Waals surface area contributed by atoms with Crippen LogP contribution in [0.4, 0.5) is 17.5 Å². The van der Waals surface area contributed by atoms with Gasteiger partial charge in [0.15, 0.2) is 0 Å². The summed E-state index contributed by atoms with van der Waals surface area (Å²) in [6, 6.07) is 3.08. The van der Waals surface area contributed by atoms with Crippen molar-refractivity contribution >= 4 is 44.9 Å². The fourth-order valence-corrected chi connectivity index (χ4v) is 5.54. The summed E-state index contributed by atoms with van der Waals surface area (Å²) in [6.07, 6.45) is 14.1. The van der Waals surface area contributed by atoms with E-state index in [0.717, 1.165) is 47.4 Å². The van der Waals surface area contributed by atoms with Gasteiger partial charge in [-0.25, -0.2) is 4.98 Å². The number of hydrogen-bond donors (Lipinski definition) is 3. The fourth-order valence-electron chi connectivity index (χ4n) is 4.75. The van der Waals surface area contributed by atoms with Crippen LogP contribution < -0.4 is 16.0 Å². The number of nitrogens with one attached hydrogen (secondary N) is 3. The molecule has 9 heteroatoms. The average Bonchev–Trinajstić information content (AvgIpc) is 3.56. The number of thiophene rings is 1. The summed E-state index contributed by atoms with van der Waals surface area (Å²) in [5, 5.41) is 16.6. The molecule has 2 aliphatic carbocycles. The molecule has 0 aliphatic heterocycles. The van der Waals surface area contributed by atoms with Gasteiger partial charge in [0.1, 0.15) is 5.82 Å². The third-order valence-electron chi connectivity index (χ3n) is 6.46. The molecule has 3 N–H and O–H groups in total. The van der Waals surface area contributed by atoms with Crippen LogP contribution >= 0.6 is 11.3 Å². The van der Waals surface area contributed by atoms with E-state index >= 15 is 0 Å². The van der Waals surface area contributed by atoms with Crippen LogP contribution in [-0.2, 0) is 4.79 Å². The van der Waals surface area contributed by atoms with Crippen LogP contribution in [0.1, 0.15) is 57.4 Å². The molecular weight excluding hydrogens is 422 g/mol. The first-order chi connectivity index (χ1) is 15.7. The van der Waals surface area contributed by atoms with E-state index in [4.69, 9.17) is 9.97 Å². The molecule has 5 rings (SSSR count). The molecule has 0 unspecified atom stereocenters. The van der Waals surface area contributed by atoms with E-state index in [1.807, 2.05) is 17.6 Å². The van der Waals surface area contributed by atoms with Crippen molar-refractivity contribution in [2.45, 2.75) is 69.5 Å². The molecule has 1 amide bonds. The maximum Gasteiger partial charge on any atom is 0.243 e. The van der Waals surface area contributed by atoms with Crippen LogP contribution in [0.25, 0.3) is 10.2 Å².